The van der Waals surface area contributed by atoms with Crippen molar-refractivity contribution in [2.24, 2.45) is 16.8 Å². The Labute approximate surface area is 510 Å². The monoisotopic (exact) mass is 1260 g/mol. The number of rotatable bonds is 10. The number of carboxylic acids is 2. The van der Waals surface area contributed by atoms with Crippen LogP contribution in [0.1, 0.15) is 103 Å². The summed E-state index contributed by atoms with van der Waals surface area (Å²) in [6.07, 6.45) is 3.92. The lowest BCUT2D eigenvalue weighted by atomic mass is 10.0. The summed E-state index contributed by atoms with van der Waals surface area (Å²) in [5.74, 6) is -12.1. The smallest absolute Gasteiger partial charge is 0.305 e. The van der Waals surface area contributed by atoms with Crippen molar-refractivity contribution in [3.05, 3.63) is 29.3 Å². The van der Waals surface area contributed by atoms with E-state index in [2.05, 4.69) is 53.0 Å². The number of carboxylic acid groups (broad SMARTS) is 2. The maximum atomic E-state index is 14.8. The summed E-state index contributed by atoms with van der Waals surface area (Å²) in [7, 11) is 0. The molecule has 0 radical (unpaired) electrons. The Morgan fingerprint density at radius 3 is 1.98 bits per heavy atom. The van der Waals surface area contributed by atoms with Crippen LogP contribution in [-0.2, 0) is 78.7 Å². The van der Waals surface area contributed by atoms with Crippen LogP contribution >= 0.6 is 35.3 Å². The maximum absolute atomic E-state index is 14.8. The molecule has 11 amide bonds. The Hall–Kier alpha value is -7.35. The molecule has 4 bridgehead atoms. The molecule has 0 saturated carbocycles. The van der Waals surface area contributed by atoms with E-state index in [0.29, 0.717) is 42.9 Å². The summed E-state index contributed by atoms with van der Waals surface area (Å²) >= 11 is 3.78. The summed E-state index contributed by atoms with van der Waals surface area (Å²) in [6, 6.07) is -7.04. The number of fused-ring (bicyclic) bond motifs is 6. The van der Waals surface area contributed by atoms with Gasteiger partial charge in [-0.3, -0.25) is 62.3 Å². The predicted octanol–water partition coefficient (Wildman–Crippen LogP) is -1.62. The third-order valence-corrected chi connectivity index (χ3v) is 16.5. The molecule has 1 unspecified atom stereocenters. The highest BCUT2D eigenvalue weighted by Gasteiger charge is 2.40. The highest BCUT2D eigenvalue weighted by Crippen LogP contribution is 2.27. The molecule has 1 aromatic carbocycles. The zero-order valence-corrected chi connectivity index (χ0v) is 51.2. The van der Waals surface area contributed by atoms with Gasteiger partial charge in [0.2, 0.25) is 59.1 Å². The highest BCUT2D eigenvalue weighted by atomic mass is 32.2. The number of thioether (sulfide) groups is 3. The number of nitrogens with two attached hydrogens (primary N) is 1. The molecule has 86 heavy (non-hydrogen) atoms. The minimum absolute atomic E-state index is 0.0175. The van der Waals surface area contributed by atoms with E-state index >= 15 is 0 Å². The number of carbonyl (C=O) groups excluding carboxylic acids is 11. The van der Waals surface area contributed by atoms with Crippen LogP contribution in [0.25, 0.3) is 0 Å². The predicted molar refractivity (Wildman–Crippen MR) is 318 cm³/mol. The minimum Gasteiger partial charge on any atom is -0.494 e. The molecule has 476 valence electrons. The lowest BCUT2D eigenvalue weighted by Crippen LogP contribution is -2.60. The van der Waals surface area contributed by atoms with Crippen molar-refractivity contribution < 1.29 is 82.1 Å². The van der Waals surface area contributed by atoms with Gasteiger partial charge in [-0.1, -0.05) is 25.1 Å². The van der Waals surface area contributed by atoms with Gasteiger partial charge < -0.3 is 78.3 Å². The molecule has 32 heteroatoms. The molecule has 4 rings (SSSR count). The number of nitrogens with zero attached hydrogens (tertiary/aromatic N) is 2. The van der Waals surface area contributed by atoms with Crippen molar-refractivity contribution in [3.63, 3.8) is 0 Å². The Balaban J connectivity index is 1.76. The number of benzene rings is 1. The second kappa shape index (κ2) is 36.6. The van der Waals surface area contributed by atoms with E-state index in [1.54, 1.807) is 12.3 Å². The van der Waals surface area contributed by atoms with Crippen LogP contribution in [0.4, 0.5) is 0 Å². The van der Waals surface area contributed by atoms with Gasteiger partial charge in [-0.2, -0.15) is 35.3 Å². The molecule has 1 aromatic rings. The number of hydrogen-bond donors (Lipinski definition) is 12. The fourth-order valence-electron chi connectivity index (χ4n) is 8.96. The van der Waals surface area contributed by atoms with Gasteiger partial charge in [0.15, 0.2) is 0 Å². The van der Waals surface area contributed by atoms with Crippen LogP contribution in [-0.4, -0.2) is 202 Å². The van der Waals surface area contributed by atoms with E-state index < -0.39 is 163 Å². The van der Waals surface area contributed by atoms with Gasteiger partial charge >= 0.3 is 11.9 Å². The lowest BCUT2D eigenvalue weighted by Gasteiger charge is -2.30. The zero-order valence-electron chi connectivity index (χ0n) is 48.7. The SMILES string of the molecule is CSCC[C@@H]1NC(=O)[C@@H]2CCCN2C(=O)[C@@H]2CSCc3cc(cc(c3)OCCCCCCO/N=C/C(=O)N[C@@H](C)C(=O)N2)CSC[C@@H](C(N)=O)NC(=O)[C@H](CCC(=O)O)NC(=O)CNC(=O)[C@H](C)NC(=O)C(C(C)C)NC(=O)[C@H](CC(=O)O)NC1=O. The van der Waals surface area contributed by atoms with Gasteiger partial charge in [-0.25, -0.2) is 0 Å². The Bertz CT molecular complexity index is 2630. The molecule has 29 nitrogen and oxygen atoms in total. The van der Waals surface area contributed by atoms with E-state index in [1.165, 1.54) is 67.9 Å². The van der Waals surface area contributed by atoms with Crippen molar-refractivity contribution >= 4 is 118 Å². The van der Waals surface area contributed by atoms with Crippen LogP contribution in [0.2, 0.25) is 0 Å². The third-order valence-electron chi connectivity index (χ3n) is 13.6. The molecule has 3 aliphatic heterocycles. The summed E-state index contributed by atoms with van der Waals surface area (Å²) in [6.45, 7) is 5.56. The molecular formula is C54H80N12O17S3. The number of ether oxygens (including phenoxy) is 1. The second-order valence-electron chi connectivity index (χ2n) is 21.0. The normalized spacial score (nSPS) is 26.4. The van der Waals surface area contributed by atoms with Crippen LogP contribution in [0.3, 0.4) is 0 Å². The molecule has 3 heterocycles. The number of amides is 11. The van der Waals surface area contributed by atoms with E-state index in [-0.39, 0.29) is 49.0 Å². The van der Waals surface area contributed by atoms with Gasteiger partial charge in [0.25, 0.3) is 5.91 Å². The minimum atomic E-state index is -1.81. The molecule has 9 atom stereocenters. The van der Waals surface area contributed by atoms with Crippen LogP contribution in [0.5, 0.6) is 5.75 Å². The van der Waals surface area contributed by atoms with Crippen molar-refractivity contribution in [2.45, 2.75) is 158 Å². The first kappa shape index (κ1) is 71.1. The molecule has 0 aliphatic carbocycles. The van der Waals surface area contributed by atoms with Gasteiger partial charge in [-0.15, -0.1) is 0 Å². The van der Waals surface area contributed by atoms with E-state index in [4.69, 9.17) is 15.3 Å². The Morgan fingerprint density at radius 2 is 1.33 bits per heavy atom. The van der Waals surface area contributed by atoms with Crippen LogP contribution in [0, 0.1) is 5.92 Å². The Kier molecular flexibility index (Phi) is 30.3. The standard InChI is InChI=1S/C54H80N12O17S3/c1-29(2)45-53(80)59-30(3)47(74)56-23-41(67)60-35(12-13-43(69)70)49(76)63-38(46(55)73)27-85-25-32-19-33-21-34(20-32)82-16-8-6-7-9-17-83-57-24-42(68)58-31(4)48(75)64-39(28-86-26-33)54(81)66-15-10-11-40(66)52(79)61-36(14-18-84-5)50(77)62-37(22-44(71)72)51(78)65-45/h19-21,24,29-31,35-40,45H,6-18,22-23,25-28H2,1-5H3,(H2,55,73)(H,56,74)(H,58,68)(H,59,80)(H,60,67)(H,61,79)(H,62,77)(H,63,76)(H,64,75)(H,65,78)(H,69,70)(H,71,72)/b57-24+/t30-,31-,35-,36-,37-,38-,39-,40-,45?/m0/s1. The number of aliphatic carboxylic acids is 2. The first-order chi connectivity index (χ1) is 40.9. The molecular weight excluding hydrogens is 1180 g/mol. The first-order valence-corrected chi connectivity index (χ1v) is 31.9. The largest absolute Gasteiger partial charge is 0.494 e. The van der Waals surface area contributed by atoms with Gasteiger partial charge in [-0.05, 0) is 106 Å². The maximum Gasteiger partial charge on any atom is 0.305 e. The third kappa shape index (κ3) is 24.6. The van der Waals surface area contributed by atoms with E-state index in [0.717, 1.165) is 24.6 Å². The highest BCUT2D eigenvalue weighted by molar-refractivity contribution is 7.99. The number of primary amides is 1. The van der Waals surface area contributed by atoms with Gasteiger partial charge in [0, 0.05) is 36.0 Å². The molecule has 0 aromatic heterocycles. The van der Waals surface area contributed by atoms with Gasteiger partial charge in [0.05, 0.1) is 19.6 Å². The average molecular weight is 1270 g/mol. The molecule has 1 fully saturated rings. The number of carbonyl (C=O) groups is 13. The lowest BCUT2D eigenvalue weighted by molar-refractivity contribution is -0.142. The Morgan fingerprint density at radius 1 is 0.698 bits per heavy atom. The fraction of sp³-hybridized carbons (Fsp3) is 0.630. The van der Waals surface area contributed by atoms with Crippen molar-refractivity contribution in [1.29, 1.82) is 0 Å². The van der Waals surface area contributed by atoms with Crippen LogP contribution < -0.4 is 58.3 Å². The summed E-state index contributed by atoms with van der Waals surface area (Å²) in [5.41, 5.74) is 7.18. The van der Waals surface area contributed by atoms with Gasteiger partial charge in [0.1, 0.15) is 72.9 Å². The van der Waals surface area contributed by atoms with Crippen molar-refractivity contribution in [2.75, 3.05) is 49.8 Å². The number of hydrogen-bond acceptors (Lipinski definition) is 19. The zero-order chi connectivity index (χ0) is 63.5. The average Bonchev–Trinajstić information content (AvgIpc) is 2.95. The first-order valence-electron chi connectivity index (χ1n) is 28.2. The molecule has 0 spiro atoms. The summed E-state index contributed by atoms with van der Waals surface area (Å²) in [4.78, 5) is 181. The number of nitrogens with one attached hydrogen (secondary N) is 9. The second-order valence-corrected chi connectivity index (χ2v) is 24.1. The fourth-order valence-corrected chi connectivity index (χ4v) is 11.4. The van der Waals surface area contributed by atoms with Crippen molar-refractivity contribution in [3.8, 4) is 5.75 Å². The summed E-state index contributed by atoms with van der Waals surface area (Å²) < 4.78 is 6.21. The van der Waals surface area contributed by atoms with E-state index in [1.807, 2.05) is 12.1 Å². The molecule has 13 N–H and O–H groups in total. The quantitative estimate of drug-likeness (QED) is 0.125. The topological polar surface area (TPSA) is 431 Å². The number of oxime groups is 1. The van der Waals surface area contributed by atoms with E-state index in [9.17, 15) is 72.5 Å². The summed E-state index contributed by atoms with van der Waals surface area (Å²) in [5, 5.41) is 45.4. The van der Waals surface area contributed by atoms with Crippen LogP contribution in [0.15, 0.2) is 23.4 Å². The molecule has 3 aliphatic rings. The van der Waals surface area contributed by atoms with Crippen molar-refractivity contribution in [1.82, 2.24) is 52.8 Å². The molecule has 1 saturated heterocycles.